The number of nitrogens with one attached hydrogen (secondary N) is 1. The summed E-state index contributed by atoms with van der Waals surface area (Å²) in [5.41, 5.74) is 7.99. The van der Waals surface area contributed by atoms with E-state index >= 15 is 0 Å². The standard InChI is InChI=1S/C18H17N5O3/c1-3-16-22-13-7-10(5-6-15(13)26-16)21-17(24)14-8-12(20)11(9-19)18(23-14)25-4-2/h5-8H,3-4H2,1-2H3,(H2,20,23)(H,21,24). The van der Waals surface area contributed by atoms with E-state index in [1.54, 1.807) is 25.1 Å². The van der Waals surface area contributed by atoms with E-state index in [-0.39, 0.29) is 22.8 Å². The van der Waals surface area contributed by atoms with Gasteiger partial charge in [-0.15, -0.1) is 0 Å². The minimum atomic E-state index is -0.472. The van der Waals surface area contributed by atoms with Crippen LogP contribution in [0.15, 0.2) is 28.7 Å². The molecular formula is C18H17N5O3. The smallest absolute Gasteiger partial charge is 0.274 e. The number of carbonyl (C=O) groups excluding carboxylic acids is 1. The molecule has 2 heterocycles. The summed E-state index contributed by atoms with van der Waals surface area (Å²) in [5, 5.41) is 11.9. The fraction of sp³-hybridized carbons (Fsp3) is 0.222. The van der Waals surface area contributed by atoms with Crippen LogP contribution in [0.4, 0.5) is 11.4 Å². The number of pyridine rings is 1. The van der Waals surface area contributed by atoms with Gasteiger partial charge in [-0.3, -0.25) is 4.79 Å². The molecule has 0 bridgehead atoms. The molecule has 0 fully saturated rings. The lowest BCUT2D eigenvalue weighted by molar-refractivity contribution is 0.102. The van der Waals surface area contributed by atoms with E-state index in [0.717, 1.165) is 0 Å². The van der Waals surface area contributed by atoms with Crippen LogP contribution in [0.1, 0.15) is 35.8 Å². The SMILES string of the molecule is CCOc1nc(C(=O)Nc2ccc3oc(CC)nc3c2)cc(N)c1C#N. The Morgan fingerprint density at radius 3 is 2.85 bits per heavy atom. The van der Waals surface area contributed by atoms with E-state index in [0.29, 0.717) is 35.7 Å². The summed E-state index contributed by atoms with van der Waals surface area (Å²) in [5.74, 6) is 0.201. The number of ether oxygens (including phenoxy) is 1. The van der Waals surface area contributed by atoms with Crippen molar-refractivity contribution in [1.29, 1.82) is 5.26 Å². The van der Waals surface area contributed by atoms with E-state index < -0.39 is 5.91 Å². The predicted molar refractivity (Wildman–Crippen MR) is 95.9 cm³/mol. The molecule has 0 unspecified atom stereocenters. The molecule has 0 radical (unpaired) electrons. The summed E-state index contributed by atoms with van der Waals surface area (Å²) in [6.45, 7) is 4.00. The van der Waals surface area contributed by atoms with Crippen molar-refractivity contribution in [3.8, 4) is 11.9 Å². The fourth-order valence-corrected chi connectivity index (χ4v) is 2.41. The molecular weight excluding hydrogens is 334 g/mol. The maximum absolute atomic E-state index is 12.5. The monoisotopic (exact) mass is 351 g/mol. The van der Waals surface area contributed by atoms with Crippen molar-refractivity contribution in [2.75, 3.05) is 17.7 Å². The highest BCUT2D eigenvalue weighted by molar-refractivity contribution is 6.04. The van der Waals surface area contributed by atoms with E-state index in [1.807, 2.05) is 13.0 Å². The Balaban J connectivity index is 1.89. The van der Waals surface area contributed by atoms with Gasteiger partial charge >= 0.3 is 0 Å². The molecule has 1 amide bonds. The Morgan fingerprint density at radius 1 is 1.35 bits per heavy atom. The first kappa shape index (κ1) is 17.2. The van der Waals surface area contributed by atoms with E-state index in [9.17, 15) is 4.79 Å². The van der Waals surface area contributed by atoms with Crippen molar-refractivity contribution in [2.45, 2.75) is 20.3 Å². The number of nitrogen functional groups attached to an aromatic ring is 1. The topological polar surface area (TPSA) is 127 Å². The zero-order valence-corrected chi connectivity index (χ0v) is 14.4. The van der Waals surface area contributed by atoms with Gasteiger partial charge in [-0.25, -0.2) is 9.97 Å². The Bertz CT molecular complexity index is 1020. The first-order chi connectivity index (χ1) is 12.5. The number of nitrogens with zero attached hydrogens (tertiary/aromatic N) is 3. The third-order valence-corrected chi connectivity index (χ3v) is 3.63. The number of anilines is 2. The van der Waals surface area contributed by atoms with Crippen LogP contribution in [-0.2, 0) is 6.42 Å². The summed E-state index contributed by atoms with van der Waals surface area (Å²) in [6.07, 6.45) is 0.686. The second kappa shape index (κ2) is 7.11. The van der Waals surface area contributed by atoms with Crippen LogP contribution in [0, 0.1) is 11.3 Å². The molecule has 0 aliphatic carbocycles. The first-order valence-electron chi connectivity index (χ1n) is 8.10. The van der Waals surface area contributed by atoms with Gasteiger partial charge in [-0.1, -0.05) is 6.92 Å². The summed E-state index contributed by atoms with van der Waals surface area (Å²) in [7, 11) is 0. The minimum absolute atomic E-state index is 0.0414. The van der Waals surface area contributed by atoms with Gasteiger partial charge < -0.3 is 20.2 Å². The highest BCUT2D eigenvalue weighted by Gasteiger charge is 2.17. The lowest BCUT2D eigenvalue weighted by Gasteiger charge is -2.10. The van der Waals surface area contributed by atoms with Gasteiger partial charge in [0.25, 0.3) is 5.91 Å². The van der Waals surface area contributed by atoms with Crippen molar-refractivity contribution < 1.29 is 13.9 Å². The third-order valence-electron chi connectivity index (χ3n) is 3.63. The molecule has 3 N–H and O–H groups in total. The number of aryl methyl sites for hydroxylation is 1. The Hall–Kier alpha value is -3.60. The van der Waals surface area contributed by atoms with Crippen LogP contribution in [0.3, 0.4) is 0 Å². The van der Waals surface area contributed by atoms with Crippen molar-refractivity contribution in [3.05, 3.63) is 41.4 Å². The molecule has 3 rings (SSSR count). The molecule has 0 aliphatic heterocycles. The Kier molecular flexibility index (Phi) is 4.71. The zero-order chi connectivity index (χ0) is 18.7. The first-order valence-corrected chi connectivity index (χ1v) is 8.10. The van der Waals surface area contributed by atoms with E-state index in [2.05, 4.69) is 15.3 Å². The van der Waals surface area contributed by atoms with Crippen molar-refractivity contribution in [1.82, 2.24) is 9.97 Å². The molecule has 2 aromatic heterocycles. The number of hydrogen-bond donors (Lipinski definition) is 2. The molecule has 0 spiro atoms. The highest BCUT2D eigenvalue weighted by Crippen LogP contribution is 2.24. The minimum Gasteiger partial charge on any atom is -0.477 e. The Labute approximate surface area is 149 Å². The number of benzene rings is 1. The summed E-state index contributed by atoms with van der Waals surface area (Å²) in [6, 6.07) is 8.44. The second-order valence-corrected chi connectivity index (χ2v) is 5.42. The Morgan fingerprint density at radius 2 is 2.15 bits per heavy atom. The van der Waals surface area contributed by atoms with Crippen LogP contribution >= 0.6 is 0 Å². The van der Waals surface area contributed by atoms with Gasteiger partial charge in [0.2, 0.25) is 5.88 Å². The number of carbonyl (C=O) groups is 1. The van der Waals surface area contributed by atoms with Crippen molar-refractivity contribution >= 4 is 28.4 Å². The molecule has 26 heavy (non-hydrogen) atoms. The van der Waals surface area contributed by atoms with Crippen LogP contribution in [0.2, 0.25) is 0 Å². The maximum Gasteiger partial charge on any atom is 0.274 e. The van der Waals surface area contributed by atoms with Crippen molar-refractivity contribution in [3.63, 3.8) is 0 Å². The average molecular weight is 351 g/mol. The van der Waals surface area contributed by atoms with Gasteiger partial charge in [0.1, 0.15) is 22.8 Å². The average Bonchev–Trinajstić information content (AvgIpc) is 3.04. The molecule has 0 atom stereocenters. The van der Waals surface area contributed by atoms with Gasteiger partial charge in [0.15, 0.2) is 11.5 Å². The zero-order valence-electron chi connectivity index (χ0n) is 14.4. The van der Waals surface area contributed by atoms with Crippen LogP contribution in [0.5, 0.6) is 5.88 Å². The lowest BCUT2D eigenvalue weighted by atomic mass is 10.2. The number of nitriles is 1. The van der Waals surface area contributed by atoms with Gasteiger partial charge in [0.05, 0.1) is 12.3 Å². The number of hydrogen-bond acceptors (Lipinski definition) is 7. The quantitative estimate of drug-likeness (QED) is 0.723. The number of amides is 1. The predicted octanol–water partition coefficient (Wildman–Crippen LogP) is 2.89. The molecule has 0 saturated carbocycles. The van der Waals surface area contributed by atoms with E-state index in [1.165, 1.54) is 6.07 Å². The molecule has 3 aromatic rings. The number of oxazole rings is 1. The van der Waals surface area contributed by atoms with E-state index in [4.69, 9.17) is 20.1 Å². The van der Waals surface area contributed by atoms with Crippen LogP contribution in [-0.4, -0.2) is 22.5 Å². The molecule has 8 nitrogen and oxygen atoms in total. The molecule has 1 aromatic carbocycles. The number of nitrogens with two attached hydrogens (primary N) is 1. The van der Waals surface area contributed by atoms with Crippen LogP contribution < -0.4 is 15.8 Å². The van der Waals surface area contributed by atoms with Crippen LogP contribution in [0.25, 0.3) is 11.1 Å². The largest absolute Gasteiger partial charge is 0.477 e. The lowest BCUT2D eigenvalue weighted by Crippen LogP contribution is -2.15. The maximum atomic E-state index is 12.5. The molecule has 8 heteroatoms. The van der Waals surface area contributed by atoms with Gasteiger partial charge in [0, 0.05) is 12.1 Å². The normalized spacial score (nSPS) is 10.5. The molecule has 132 valence electrons. The van der Waals surface area contributed by atoms with Gasteiger partial charge in [-0.05, 0) is 31.2 Å². The number of rotatable bonds is 5. The van der Waals surface area contributed by atoms with Gasteiger partial charge in [-0.2, -0.15) is 5.26 Å². The second-order valence-electron chi connectivity index (χ2n) is 5.42. The highest BCUT2D eigenvalue weighted by atomic mass is 16.5. The molecule has 0 saturated heterocycles. The third kappa shape index (κ3) is 3.28. The molecule has 0 aliphatic rings. The summed E-state index contributed by atoms with van der Waals surface area (Å²) in [4.78, 5) is 20.9. The number of fused-ring (bicyclic) bond motifs is 1. The fourth-order valence-electron chi connectivity index (χ4n) is 2.41. The van der Waals surface area contributed by atoms with Crippen molar-refractivity contribution in [2.24, 2.45) is 0 Å². The number of aromatic nitrogens is 2. The summed E-state index contributed by atoms with van der Waals surface area (Å²) < 4.78 is 10.9. The summed E-state index contributed by atoms with van der Waals surface area (Å²) >= 11 is 0.